The first-order valence-electron chi connectivity index (χ1n) is 5.05. The summed E-state index contributed by atoms with van der Waals surface area (Å²) >= 11 is 2.05. The second-order valence-electron chi connectivity index (χ2n) is 3.88. The number of nitrogens with zero attached hydrogens (tertiary/aromatic N) is 2. The third-order valence-electron chi connectivity index (χ3n) is 2.95. The summed E-state index contributed by atoms with van der Waals surface area (Å²) in [5.41, 5.74) is 2.40. The van der Waals surface area contributed by atoms with E-state index < -0.39 is 0 Å². The van der Waals surface area contributed by atoms with E-state index in [1.807, 2.05) is 29.7 Å². The lowest BCUT2D eigenvalue weighted by atomic mass is 10.1. The zero-order valence-electron chi connectivity index (χ0n) is 8.95. The summed E-state index contributed by atoms with van der Waals surface area (Å²) in [4.78, 5) is 0. The number of aryl methyl sites for hydroxylation is 1. The molecule has 14 heavy (non-hydrogen) atoms. The molecule has 0 bridgehead atoms. The van der Waals surface area contributed by atoms with Crippen LogP contribution in [0.15, 0.2) is 6.20 Å². The third kappa shape index (κ3) is 1.75. The number of aromatic nitrogens is 2. The Hall–Kier alpha value is -0.640. The highest BCUT2D eigenvalue weighted by atomic mass is 32.2. The standard InChI is InChI=1S/C10H17N3S/c1-7-10(6-11-13(7)3)12-9-4-5-14-8(9)2/h6,8-9,12H,4-5H2,1-3H3. The molecule has 78 valence electrons. The van der Waals surface area contributed by atoms with E-state index in [-0.39, 0.29) is 0 Å². The number of hydrogen-bond acceptors (Lipinski definition) is 3. The highest BCUT2D eigenvalue weighted by Crippen LogP contribution is 2.29. The third-order valence-corrected chi connectivity index (χ3v) is 4.28. The van der Waals surface area contributed by atoms with Gasteiger partial charge in [-0.2, -0.15) is 16.9 Å². The Morgan fingerprint density at radius 2 is 2.43 bits per heavy atom. The maximum atomic E-state index is 4.23. The van der Waals surface area contributed by atoms with Crippen molar-refractivity contribution < 1.29 is 0 Å². The summed E-state index contributed by atoms with van der Waals surface area (Å²) in [5.74, 6) is 1.28. The molecule has 2 heterocycles. The smallest absolute Gasteiger partial charge is 0.0758 e. The molecule has 2 atom stereocenters. The van der Waals surface area contributed by atoms with Crippen LogP contribution in [-0.4, -0.2) is 26.8 Å². The fourth-order valence-electron chi connectivity index (χ4n) is 1.76. The fraction of sp³-hybridized carbons (Fsp3) is 0.700. The molecule has 0 radical (unpaired) electrons. The van der Waals surface area contributed by atoms with Gasteiger partial charge in [-0.25, -0.2) is 0 Å². The van der Waals surface area contributed by atoms with Crippen LogP contribution in [0.25, 0.3) is 0 Å². The van der Waals surface area contributed by atoms with E-state index in [1.54, 1.807) is 0 Å². The fourth-order valence-corrected chi connectivity index (χ4v) is 2.96. The molecule has 0 aromatic carbocycles. The Balaban J connectivity index is 2.07. The summed E-state index contributed by atoms with van der Waals surface area (Å²) in [5, 5.41) is 8.52. The summed E-state index contributed by atoms with van der Waals surface area (Å²) in [6.45, 7) is 4.39. The molecule has 1 aromatic heterocycles. The molecule has 1 N–H and O–H groups in total. The van der Waals surface area contributed by atoms with Crippen molar-refractivity contribution in [3.8, 4) is 0 Å². The maximum Gasteiger partial charge on any atom is 0.0758 e. The first kappa shape index (κ1) is 9.90. The van der Waals surface area contributed by atoms with Crippen molar-refractivity contribution in [2.45, 2.75) is 31.6 Å². The van der Waals surface area contributed by atoms with Gasteiger partial charge in [0.2, 0.25) is 0 Å². The van der Waals surface area contributed by atoms with Gasteiger partial charge in [0.15, 0.2) is 0 Å². The van der Waals surface area contributed by atoms with E-state index in [4.69, 9.17) is 0 Å². The molecule has 0 aliphatic carbocycles. The maximum absolute atomic E-state index is 4.23. The number of anilines is 1. The van der Waals surface area contributed by atoms with Crippen molar-refractivity contribution in [2.75, 3.05) is 11.1 Å². The molecular formula is C10H17N3S. The van der Waals surface area contributed by atoms with Crippen molar-refractivity contribution >= 4 is 17.4 Å². The van der Waals surface area contributed by atoms with Gasteiger partial charge >= 0.3 is 0 Å². The van der Waals surface area contributed by atoms with E-state index in [2.05, 4.69) is 24.3 Å². The second kappa shape index (κ2) is 3.85. The first-order valence-corrected chi connectivity index (χ1v) is 6.10. The van der Waals surface area contributed by atoms with Crippen LogP contribution < -0.4 is 5.32 Å². The predicted octanol–water partition coefficient (Wildman–Crippen LogP) is 2.03. The van der Waals surface area contributed by atoms with Crippen LogP contribution in [0.2, 0.25) is 0 Å². The summed E-state index contributed by atoms with van der Waals surface area (Å²) < 4.78 is 1.91. The van der Waals surface area contributed by atoms with Gasteiger partial charge in [-0.05, 0) is 19.1 Å². The van der Waals surface area contributed by atoms with E-state index >= 15 is 0 Å². The summed E-state index contributed by atoms with van der Waals surface area (Å²) in [7, 11) is 1.98. The molecule has 1 aliphatic rings. The molecule has 1 aromatic rings. The topological polar surface area (TPSA) is 29.9 Å². The van der Waals surface area contributed by atoms with Crippen LogP contribution in [0.3, 0.4) is 0 Å². The molecule has 1 saturated heterocycles. The molecule has 1 aliphatic heterocycles. The number of thioether (sulfide) groups is 1. The largest absolute Gasteiger partial charge is 0.378 e. The van der Waals surface area contributed by atoms with Gasteiger partial charge in [-0.1, -0.05) is 6.92 Å². The molecular weight excluding hydrogens is 194 g/mol. The second-order valence-corrected chi connectivity index (χ2v) is 5.37. The van der Waals surface area contributed by atoms with E-state index in [0.29, 0.717) is 6.04 Å². The van der Waals surface area contributed by atoms with Crippen LogP contribution in [0.5, 0.6) is 0 Å². The van der Waals surface area contributed by atoms with Gasteiger partial charge in [0.25, 0.3) is 0 Å². The van der Waals surface area contributed by atoms with Gasteiger partial charge in [-0.3, -0.25) is 4.68 Å². The number of rotatable bonds is 2. The van der Waals surface area contributed by atoms with Gasteiger partial charge in [0, 0.05) is 18.3 Å². The highest BCUT2D eigenvalue weighted by molar-refractivity contribution is 8.00. The van der Waals surface area contributed by atoms with E-state index in [1.165, 1.54) is 23.6 Å². The summed E-state index contributed by atoms with van der Waals surface area (Å²) in [6, 6.07) is 0.614. The van der Waals surface area contributed by atoms with Crippen LogP contribution >= 0.6 is 11.8 Å². The Kier molecular flexibility index (Phi) is 2.72. The minimum Gasteiger partial charge on any atom is -0.378 e. The SMILES string of the molecule is Cc1c(NC2CCSC2C)cnn1C. The average molecular weight is 211 g/mol. The monoisotopic (exact) mass is 211 g/mol. The Labute approximate surface area is 89.3 Å². The molecule has 1 fully saturated rings. The molecule has 0 amide bonds. The average Bonchev–Trinajstić information content (AvgIpc) is 2.68. The zero-order chi connectivity index (χ0) is 10.1. The normalized spacial score (nSPS) is 26.8. The summed E-state index contributed by atoms with van der Waals surface area (Å²) in [6.07, 6.45) is 3.19. The van der Waals surface area contributed by atoms with Crippen molar-refractivity contribution in [3.05, 3.63) is 11.9 Å². The van der Waals surface area contributed by atoms with Crippen molar-refractivity contribution in [2.24, 2.45) is 7.05 Å². The quantitative estimate of drug-likeness (QED) is 0.812. The molecule has 4 heteroatoms. The van der Waals surface area contributed by atoms with Crippen molar-refractivity contribution in [3.63, 3.8) is 0 Å². The molecule has 0 saturated carbocycles. The van der Waals surface area contributed by atoms with E-state index in [0.717, 1.165) is 5.25 Å². The van der Waals surface area contributed by atoms with Crippen LogP contribution in [0.4, 0.5) is 5.69 Å². The molecule has 3 nitrogen and oxygen atoms in total. The van der Waals surface area contributed by atoms with Gasteiger partial charge in [0.1, 0.15) is 0 Å². The van der Waals surface area contributed by atoms with Crippen LogP contribution in [0.1, 0.15) is 19.0 Å². The van der Waals surface area contributed by atoms with Crippen LogP contribution in [0, 0.1) is 6.92 Å². The van der Waals surface area contributed by atoms with Gasteiger partial charge < -0.3 is 5.32 Å². The zero-order valence-corrected chi connectivity index (χ0v) is 9.77. The van der Waals surface area contributed by atoms with Crippen molar-refractivity contribution in [1.82, 2.24) is 9.78 Å². The lowest BCUT2D eigenvalue weighted by molar-refractivity contribution is 0.719. The van der Waals surface area contributed by atoms with Gasteiger partial charge in [0.05, 0.1) is 17.6 Å². The van der Waals surface area contributed by atoms with Crippen molar-refractivity contribution in [1.29, 1.82) is 0 Å². The molecule has 0 spiro atoms. The Bertz CT molecular complexity index is 321. The number of nitrogens with one attached hydrogen (secondary N) is 1. The van der Waals surface area contributed by atoms with E-state index in [9.17, 15) is 0 Å². The van der Waals surface area contributed by atoms with Crippen LogP contribution in [-0.2, 0) is 7.05 Å². The molecule has 2 rings (SSSR count). The first-order chi connectivity index (χ1) is 6.68. The lowest BCUT2D eigenvalue weighted by Crippen LogP contribution is -2.24. The minimum absolute atomic E-state index is 0.614. The highest BCUT2D eigenvalue weighted by Gasteiger charge is 2.24. The lowest BCUT2D eigenvalue weighted by Gasteiger charge is -2.17. The Morgan fingerprint density at radius 1 is 1.64 bits per heavy atom. The number of hydrogen-bond donors (Lipinski definition) is 1. The minimum atomic E-state index is 0.614. The predicted molar refractivity (Wildman–Crippen MR) is 61.9 cm³/mol. The Morgan fingerprint density at radius 3 is 2.93 bits per heavy atom. The molecule has 2 unspecified atom stereocenters. The van der Waals surface area contributed by atoms with Gasteiger partial charge in [-0.15, -0.1) is 0 Å².